The molecule has 9 rings (SSSR count). The van der Waals surface area contributed by atoms with E-state index in [-0.39, 0.29) is 0 Å². The lowest BCUT2D eigenvalue weighted by Crippen LogP contribution is -1.95. The van der Waals surface area contributed by atoms with Crippen molar-refractivity contribution < 1.29 is 0 Å². The fraction of sp³-hybridized carbons (Fsp3) is 0. The number of benzene rings is 5. The molecule has 0 aliphatic heterocycles. The van der Waals surface area contributed by atoms with E-state index in [0.717, 1.165) is 38.0 Å². The van der Waals surface area contributed by atoms with Gasteiger partial charge in [0.1, 0.15) is 10.0 Å². The Morgan fingerprint density at radius 1 is 0.465 bits per heavy atom. The Labute approximate surface area is 251 Å². The molecule has 4 heterocycles. The number of hydrogen-bond donors (Lipinski definition) is 0. The number of nitrogens with zero attached hydrogens (tertiary/aromatic N) is 4. The summed E-state index contributed by atoms with van der Waals surface area (Å²) in [5, 5.41) is 7.08. The molecule has 0 fully saturated rings. The molecule has 0 N–H and O–H groups in total. The third-order valence-corrected chi connectivity index (χ3v) is 9.31. The predicted molar refractivity (Wildman–Crippen MR) is 179 cm³/mol. The first-order valence-electron chi connectivity index (χ1n) is 14.3. The van der Waals surface area contributed by atoms with Crippen LogP contribution in [-0.4, -0.2) is 19.1 Å². The first kappa shape index (κ1) is 24.1. The van der Waals surface area contributed by atoms with E-state index in [1.165, 1.54) is 38.1 Å². The van der Waals surface area contributed by atoms with Crippen LogP contribution >= 0.6 is 11.3 Å². The Hall–Kier alpha value is -5.52. The van der Waals surface area contributed by atoms with Gasteiger partial charge in [-0.25, -0.2) is 4.98 Å². The molecule has 43 heavy (non-hydrogen) atoms. The highest BCUT2D eigenvalue weighted by Gasteiger charge is 2.17. The van der Waals surface area contributed by atoms with Crippen LogP contribution in [0.25, 0.3) is 76.1 Å². The van der Waals surface area contributed by atoms with Crippen LogP contribution in [0.4, 0.5) is 0 Å². The van der Waals surface area contributed by atoms with Gasteiger partial charge in [0.15, 0.2) is 0 Å². The first-order chi connectivity index (χ1) is 21.3. The molecule has 0 bridgehead atoms. The minimum atomic E-state index is 0.964. The van der Waals surface area contributed by atoms with Gasteiger partial charge in [0.2, 0.25) is 0 Å². The molecule has 0 saturated heterocycles. The van der Waals surface area contributed by atoms with Crippen LogP contribution in [0.1, 0.15) is 0 Å². The second-order valence-corrected chi connectivity index (χ2v) is 11.7. The lowest BCUT2D eigenvalue weighted by atomic mass is 10.1. The maximum atomic E-state index is 4.95. The molecule has 4 nitrogen and oxygen atoms in total. The molecule has 5 heteroatoms. The van der Waals surface area contributed by atoms with Gasteiger partial charge in [0.05, 0.1) is 34.0 Å². The number of thiazole rings is 1. The number of hydrogen-bond acceptors (Lipinski definition) is 3. The molecule has 0 aliphatic carbocycles. The summed E-state index contributed by atoms with van der Waals surface area (Å²) in [5.74, 6) is 0. The fourth-order valence-electron chi connectivity index (χ4n) is 6.38. The summed E-state index contributed by atoms with van der Waals surface area (Å²) in [5.41, 5.74) is 9.00. The van der Waals surface area contributed by atoms with Gasteiger partial charge in [-0.2, -0.15) is 0 Å². The highest BCUT2D eigenvalue weighted by molar-refractivity contribution is 7.17. The lowest BCUT2D eigenvalue weighted by Gasteiger charge is -2.10. The number of fused-ring (bicyclic) bond motifs is 6. The molecular weight excluding hydrogens is 545 g/mol. The van der Waals surface area contributed by atoms with E-state index in [0.29, 0.717) is 0 Å². The van der Waals surface area contributed by atoms with Gasteiger partial charge in [0, 0.05) is 44.6 Å². The van der Waals surface area contributed by atoms with E-state index in [1.807, 2.05) is 24.5 Å². The standard InChI is InChI=1S/C38H24N4S/c1-4-16-33-30(14-1)31-20-19-26(23-36(31)41(33)27-11-9-10-25(22-27)32-15-7-8-21-39-32)38-40-24-37(43-38)42-34-17-5-2-12-28(34)29-13-3-6-18-35(29)42/h1-24H. The maximum Gasteiger partial charge on any atom is 0.125 e. The molecule has 9 aromatic rings. The van der Waals surface area contributed by atoms with E-state index in [2.05, 4.69) is 135 Å². The molecule has 0 atom stereocenters. The van der Waals surface area contributed by atoms with Crippen LogP contribution in [0.5, 0.6) is 0 Å². The van der Waals surface area contributed by atoms with Crippen molar-refractivity contribution >= 4 is 54.9 Å². The van der Waals surface area contributed by atoms with Crippen molar-refractivity contribution in [3.05, 3.63) is 146 Å². The van der Waals surface area contributed by atoms with E-state index in [9.17, 15) is 0 Å². The Bertz CT molecular complexity index is 2410. The zero-order valence-electron chi connectivity index (χ0n) is 23.1. The average molecular weight is 569 g/mol. The second-order valence-electron chi connectivity index (χ2n) is 10.7. The summed E-state index contributed by atoms with van der Waals surface area (Å²) in [6.45, 7) is 0. The first-order valence-corrected chi connectivity index (χ1v) is 15.1. The number of para-hydroxylation sites is 3. The Balaban J connectivity index is 1.22. The van der Waals surface area contributed by atoms with E-state index in [4.69, 9.17) is 4.98 Å². The molecule has 0 unspecified atom stereocenters. The highest BCUT2D eigenvalue weighted by atomic mass is 32.1. The van der Waals surface area contributed by atoms with Crippen molar-refractivity contribution in [1.29, 1.82) is 0 Å². The van der Waals surface area contributed by atoms with Gasteiger partial charge in [0.25, 0.3) is 0 Å². The minimum absolute atomic E-state index is 0.964. The molecule has 0 aliphatic rings. The van der Waals surface area contributed by atoms with Crippen molar-refractivity contribution in [2.24, 2.45) is 0 Å². The zero-order chi connectivity index (χ0) is 28.3. The molecule has 0 spiro atoms. The Morgan fingerprint density at radius 2 is 1.12 bits per heavy atom. The van der Waals surface area contributed by atoms with Crippen molar-refractivity contribution in [2.45, 2.75) is 0 Å². The van der Waals surface area contributed by atoms with Crippen molar-refractivity contribution in [3.8, 4) is 32.5 Å². The minimum Gasteiger partial charge on any atom is -0.309 e. The van der Waals surface area contributed by atoms with Gasteiger partial charge in [-0.05, 0) is 48.5 Å². The van der Waals surface area contributed by atoms with Crippen LogP contribution in [0.15, 0.2) is 146 Å². The van der Waals surface area contributed by atoms with Gasteiger partial charge in [-0.1, -0.05) is 96.3 Å². The van der Waals surface area contributed by atoms with Gasteiger partial charge >= 0.3 is 0 Å². The number of aromatic nitrogens is 4. The summed E-state index contributed by atoms with van der Waals surface area (Å²) in [6, 6.07) is 47.3. The molecule has 0 amide bonds. The van der Waals surface area contributed by atoms with Crippen molar-refractivity contribution in [2.75, 3.05) is 0 Å². The monoisotopic (exact) mass is 568 g/mol. The molecule has 0 radical (unpaired) electrons. The molecule has 0 saturated carbocycles. The highest BCUT2D eigenvalue weighted by Crippen LogP contribution is 2.39. The Kier molecular flexibility index (Phi) is 5.33. The maximum absolute atomic E-state index is 4.95. The second kappa shape index (κ2) is 9.51. The third kappa shape index (κ3) is 3.75. The van der Waals surface area contributed by atoms with Crippen molar-refractivity contribution in [3.63, 3.8) is 0 Å². The van der Waals surface area contributed by atoms with Crippen LogP contribution in [0.2, 0.25) is 0 Å². The number of rotatable bonds is 4. The van der Waals surface area contributed by atoms with Gasteiger partial charge in [-0.3, -0.25) is 9.55 Å². The zero-order valence-corrected chi connectivity index (χ0v) is 23.9. The molecule has 5 aromatic carbocycles. The summed E-state index contributed by atoms with van der Waals surface area (Å²) in [7, 11) is 0. The van der Waals surface area contributed by atoms with Crippen LogP contribution in [0.3, 0.4) is 0 Å². The molecule has 202 valence electrons. The van der Waals surface area contributed by atoms with Gasteiger partial charge < -0.3 is 4.57 Å². The van der Waals surface area contributed by atoms with Gasteiger partial charge in [-0.15, -0.1) is 0 Å². The molecular formula is C38H24N4S. The smallest absolute Gasteiger partial charge is 0.125 e. The predicted octanol–water partition coefficient (Wildman–Crippen LogP) is 10.1. The summed E-state index contributed by atoms with van der Waals surface area (Å²) < 4.78 is 4.70. The normalized spacial score (nSPS) is 11.7. The lowest BCUT2D eigenvalue weighted by molar-refractivity contribution is 1.18. The largest absolute Gasteiger partial charge is 0.309 e. The van der Waals surface area contributed by atoms with E-state index < -0.39 is 0 Å². The summed E-state index contributed by atoms with van der Waals surface area (Å²) in [6.07, 6.45) is 3.85. The summed E-state index contributed by atoms with van der Waals surface area (Å²) in [4.78, 5) is 9.55. The fourth-order valence-corrected chi connectivity index (χ4v) is 7.32. The number of pyridine rings is 1. The SMILES string of the molecule is c1ccc(-c2cccc(-n3c4ccccc4c4ccc(-c5ncc(-n6c7ccccc7c7ccccc76)s5)cc43)c2)nc1. The van der Waals surface area contributed by atoms with Crippen LogP contribution in [0, 0.1) is 0 Å². The van der Waals surface area contributed by atoms with Crippen LogP contribution < -0.4 is 0 Å². The van der Waals surface area contributed by atoms with Crippen molar-refractivity contribution in [1.82, 2.24) is 19.1 Å². The molecule has 4 aromatic heterocycles. The summed E-state index contributed by atoms with van der Waals surface area (Å²) >= 11 is 1.72. The van der Waals surface area contributed by atoms with E-state index in [1.54, 1.807) is 11.3 Å². The topological polar surface area (TPSA) is 35.6 Å². The third-order valence-electron chi connectivity index (χ3n) is 8.28. The van der Waals surface area contributed by atoms with Crippen LogP contribution in [-0.2, 0) is 0 Å². The van der Waals surface area contributed by atoms with E-state index >= 15 is 0 Å². The average Bonchev–Trinajstić information content (AvgIpc) is 3.78. The Morgan fingerprint density at radius 3 is 1.81 bits per heavy atom. The quantitative estimate of drug-likeness (QED) is 0.212.